The molecule has 3 rings (SSSR count). The number of carbonyl (C=O) groups excluding carboxylic acids is 2. The molecule has 0 unspecified atom stereocenters. The van der Waals surface area contributed by atoms with Crippen molar-refractivity contribution in [3.05, 3.63) is 52.6 Å². The highest BCUT2D eigenvalue weighted by atomic mass is 16.6. The van der Waals surface area contributed by atoms with E-state index in [4.69, 9.17) is 9.47 Å². The number of benzene rings is 2. The first kappa shape index (κ1) is 19.2. The van der Waals surface area contributed by atoms with Crippen molar-refractivity contribution >= 4 is 28.9 Å². The van der Waals surface area contributed by atoms with Crippen LogP contribution in [0.3, 0.4) is 0 Å². The summed E-state index contributed by atoms with van der Waals surface area (Å²) < 4.78 is 10.8. The number of carbonyl (C=O) groups is 2. The van der Waals surface area contributed by atoms with Crippen LogP contribution < -0.4 is 19.7 Å². The van der Waals surface area contributed by atoms with Gasteiger partial charge < -0.3 is 19.7 Å². The molecule has 0 bridgehead atoms. The van der Waals surface area contributed by atoms with Crippen LogP contribution in [0.15, 0.2) is 42.5 Å². The second-order valence-corrected chi connectivity index (χ2v) is 6.45. The number of nitro benzene ring substituents is 1. The highest BCUT2D eigenvalue weighted by molar-refractivity contribution is 5.97. The van der Waals surface area contributed by atoms with Crippen molar-refractivity contribution in [3.63, 3.8) is 0 Å². The molecular formula is C19H19N3O6. The molecule has 28 heavy (non-hydrogen) atoms. The van der Waals surface area contributed by atoms with Crippen LogP contribution in [-0.4, -0.2) is 36.0 Å². The summed E-state index contributed by atoms with van der Waals surface area (Å²) in [5.74, 6) is -0.357. The predicted octanol–water partition coefficient (Wildman–Crippen LogP) is 2.75. The summed E-state index contributed by atoms with van der Waals surface area (Å²) in [5.41, 5.74) is 0.759. The fourth-order valence-corrected chi connectivity index (χ4v) is 2.79. The van der Waals surface area contributed by atoms with Gasteiger partial charge in [-0.25, -0.2) is 4.79 Å². The Balaban J connectivity index is 1.77. The monoisotopic (exact) mass is 385 g/mol. The van der Waals surface area contributed by atoms with Crippen molar-refractivity contribution in [2.24, 2.45) is 0 Å². The molecule has 146 valence electrons. The van der Waals surface area contributed by atoms with E-state index in [0.717, 1.165) is 0 Å². The van der Waals surface area contributed by atoms with Crippen LogP contribution in [0, 0.1) is 10.1 Å². The summed E-state index contributed by atoms with van der Waals surface area (Å²) in [5, 5.41) is 13.7. The van der Waals surface area contributed by atoms with Crippen LogP contribution in [0.25, 0.3) is 0 Å². The molecule has 0 atom stereocenters. The topological polar surface area (TPSA) is 111 Å². The molecule has 0 radical (unpaired) electrons. The molecule has 9 heteroatoms. The lowest BCUT2D eigenvalue weighted by molar-refractivity contribution is -0.384. The van der Waals surface area contributed by atoms with E-state index in [1.165, 1.54) is 23.1 Å². The molecule has 0 saturated heterocycles. The zero-order chi connectivity index (χ0) is 20.3. The number of non-ortho nitro benzene ring substituents is 1. The second-order valence-electron chi connectivity index (χ2n) is 6.45. The normalized spacial score (nSPS) is 13.0. The number of fused-ring (bicyclic) bond motifs is 1. The maximum Gasteiger partial charge on any atom is 0.331 e. The summed E-state index contributed by atoms with van der Waals surface area (Å²) >= 11 is 0. The zero-order valence-corrected chi connectivity index (χ0v) is 15.4. The minimum absolute atomic E-state index is 0.0572. The van der Waals surface area contributed by atoms with Gasteiger partial charge in [-0.15, -0.1) is 0 Å². The number of anilines is 2. The maximum atomic E-state index is 12.5. The average molecular weight is 385 g/mol. The molecule has 0 aliphatic carbocycles. The molecule has 0 spiro atoms. The van der Waals surface area contributed by atoms with E-state index in [1.807, 2.05) is 13.8 Å². The minimum atomic E-state index is -0.593. The first-order valence-electron chi connectivity index (χ1n) is 8.63. The third-order valence-corrected chi connectivity index (χ3v) is 3.90. The van der Waals surface area contributed by atoms with Crippen LogP contribution in [0.1, 0.15) is 13.8 Å². The molecule has 1 N–H and O–H groups in total. The van der Waals surface area contributed by atoms with E-state index in [2.05, 4.69) is 5.32 Å². The van der Waals surface area contributed by atoms with E-state index in [-0.39, 0.29) is 36.5 Å². The SMILES string of the molecule is CC(C)Oc1ccccc1NC(=O)CN1CC(=O)Oc2cc([N+](=O)[O-])ccc21. The Kier molecular flexibility index (Phi) is 5.44. The van der Waals surface area contributed by atoms with Gasteiger partial charge in [-0.05, 0) is 32.0 Å². The van der Waals surface area contributed by atoms with Crippen molar-refractivity contribution in [3.8, 4) is 11.5 Å². The predicted molar refractivity (Wildman–Crippen MR) is 102 cm³/mol. The highest BCUT2D eigenvalue weighted by Crippen LogP contribution is 2.35. The Morgan fingerprint density at radius 2 is 2.07 bits per heavy atom. The fourth-order valence-electron chi connectivity index (χ4n) is 2.79. The van der Waals surface area contributed by atoms with Gasteiger partial charge in [0.1, 0.15) is 12.3 Å². The van der Waals surface area contributed by atoms with Crippen molar-refractivity contribution in [2.45, 2.75) is 20.0 Å². The molecule has 2 aromatic rings. The standard InChI is InChI=1S/C19H19N3O6/c1-12(2)27-16-6-4-3-5-14(16)20-18(23)10-21-11-19(24)28-17-9-13(22(25)26)7-8-15(17)21/h3-9,12H,10-11H2,1-2H3,(H,20,23). The smallest absolute Gasteiger partial charge is 0.331 e. The number of nitrogens with one attached hydrogen (secondary N) is 1. The maximum absolute atomic E-state index is 12.5. The fraction of sp³-hybridized carbons (Fsp3) is 0.263. The molecule has 1 heterocycles. The van der Waals surface area contributed by atoms with E-state index in [1.54, 1.807) is 24.3 Å². The van der Waals surface area contributed by atoms with Gasteiger partial charge in [0.15, 0.2) is 5.75 Å². The molecule has 1 aliphatic heterocycles. The van der Waals surface area contributed by atoms with Gasteiger partial charge in [0.2, 0.25) is 5.91 Å². The second kappa shape index (κ2) is 7.95. The molecule has 0 saturated carbocycles. The van der Waals surface area contributed by atoms with E-state index in [9.17, 15) is 19.7 Å². The summed E-state index contributed by atoms with van der Waals surface area (Å²) in [7, 11) is 0. The van der Waals surface area contributed by atoms with Crippen molar-refractivity contribution < 1.29 is 24.0 Å². The largest absolute Gasteiger partial charge is 0.489 e. The third-order valence-electron chi connectivity index (χ3n) is 3.90. The number of nitrogens with zero attached hydrogens (tertiary/aromatic N) is 2. The van der Waals surface area contributed by atoms with Gasteiger partial charge in [-0.3, -0.25) is 14.9 Å². The number of rotatable bonds is 6. The summed E-state index contributed by atoms with van der Waals surface area (Å²) in [6.45, 7) is 3.50. The Bertz CT molecular complexity index is 928. The number of esters is 1. The number of hydrogen-bond donors (Lipinski definition) is 1. The van der Waals surface area contributed by atoms with Gasteiger partial charge in [-0.1, -0.05) is 12.1 Å². The molecule has 0 aromatic heterocycles. The van der Waals surface area contributed by atoms with Crippen LogP contribution in [0.5, 0.6) is 11.5 Å². The van der Waals surface area contributed by atoms with E-state index < -0.39 is 10.9 Å². The summed E-state index contributed by atoms with van der Waals surface area (Å²) in [6, 6.07) is 11.0. The Hall–Kier alpha value is -3.62. The van der Waals surface area contributed by atoms with Crippen LogP contribution >= 0.6 is 0 Å². The zero-order valence-electron chi connectivity index (χ0n) is 15.4. The molecular weight excluding hydrogens is 366 g/mol. The lowest BCUT2D eigenvalue weighted by atomic mass is 10.2. The van der Waals surface area contributed by atoms with Gasteiger partial charge >= 0.3 is 5.97 Å². The van der Waals surface area contributed by atoms with Crippen LogP contribution in [-0.2, 0) is 9.59 Å². The minimum Gasteiger partial charge on any atom is -0.489 e. The Labute approximate surface area is 161 Å². The van der Waals surface area contributed by atoms with Gasteiger partial charge in [0.05, 0.1) is 35.0 Å². The number of nitro groups is 1. The number of para-hydroxylation sites is 2. The first-order chi connectivity index (χ1) is 13.3. The lowest BCUT2D eigenvalue weighted by Crippen LogP contribution is -2.41. The van der Waals surface area contributed by atoms with Crippen LogP contribution in [0.2, 0.25) is 0 Å². The summed E-state index contributed by atoms with van der Waals surface area (Å²) in [4.78, 5) is 36.2. The van der Waals surface area contributed by atoms with Gasteiger partial charge in [0.25, 0.3) is 5.69 Å². The lowest BCUT2D eigenvalue weighted by Gasteiger charge is -2.29. The molecule has 1 aliphatic rings. The average Bonchev–Trinajstić information content (AvgIpc) is 2.62. The number of amides is 1. The van der Waals surface area contributed by atoms with E-state index >= 15 is 0 Å². The van der Waals surface area contributed by atoms with E-state index in [0.29, 0.717) is 17.1 Å². The van der Waals surface area contributed by atoms with Crippen molar-refractivity contribution in [1.82, 2.24) is 0 Å². The Morgan fingerprint density at radius 3 is 2.79 bits per heavy atom. The number of hydrogen-bond acceptors (Lipinski definition) is 7. The molecule has 9 nitrogen and oxygen atoms in total. The highest BCUT2D eigenvalue weighted by Gasteiger charge is 2.27. The number of ether oxygens (including phenoxy) is 2. The summed E-state index contributed by atoms with van der Waals surface area (Å²) in [6.07, 6.45) is -0.0578. The van der Waals surface area contributed by atoms with Crippen molar-refractivity contribution in [1.29, 1.82) is 0 Å². The van der Waals surface area contributed by atoms with Gasteiger partial charge in [-0.2, -0.15) is 0 Å². The third kappa shape index (κ3) is 4.37. The molecule has 2 aromatic carbocycles. The Morgan fingerprint density at radius 1 is 1.32 bits per heavy atom. The first-order valence-corrected chi connectivity index (χ1v) is 8.63. The molecule has 0 fully saturated rings. The van der Waals surface area contributed by atoms with Crippen molar-refractivity contribution in [2.75, 3.05) is 23.3 Å². The van der Waals surface area contributed by atoms with Gasteiger partial charge in [0, 0.05) is 6.07 Å². The van der Waals surface area contributed by atoms with Crippen LogP contribution in [0.4, 0.5) is 17.1 Å². The molecule has 1 amide bonds. The quantitative estimate of drug-likeness (QED) is 0.352.